The van der Waals surface area contributed by atoms with Crippen molar-refractivity contribution in [3.8, 4) is 0 Å². The van der Waals surface area contributed by atoms with Crippen LogP contribution in [-0.4, -0.2) is 49.6 Å². The molecule has 3 N–H and O–H groups in total. The number of carbonyl (C=O) groups is 1. The van der Waals surface area contributed by atoms with Crippen LogP contribution in [0.25, 0.3) is 0 Å². The Kier molecular flexibility index (Phi) is 2.82. The number of hydrogen-bond acceptors (Lipinski definition) is 5. The number of rotatable bonds is 1. The zero-order chi connectivity index (χ0) is 13.9. The Bertz CT molecular complexity index is 343. The van der Waals surface area contributed by atoms with Gasteiger partial charge in [0.2, 0.25) is 0 Å². The molecule has 1 saturated heterocycles. The molecule has 0 aliphatic carbocycles. The molecule has 1 fully saturated rings. The van der Waals surface area contributed by atoms with Gasteiger partial charge >= 0.3 is 0 Å². The molecule has 0 saturated carbocycles. The quantitative estimate of drug-likeness (QED) is 0.567. The Labute approximate surface area is 101 Å². The van der Waals surface area contributed by atoms with Gasteiger partial charge in [0.15, 0.2) is 11.9 Å². The summed E-state index contributed by atoms with van der Waals surface area (Å²) in [6, 6.07) is 0. The molecule has 1 heterocycles. The second-order valence-corrected chi connectivity index (χ2v) is 6.05. The molecule has 4 atom stereocenters. The minimum absolute atomic E-state index is 0.457. The molecule has 1 rings (SSSR count). The van der Waals surface area contributed by atoms with Gasteiger partial charge in [-0.05, 0) is 41.5 Å². The lowest BCUT2D eigenvalue weighted by Gasteiger charge is -2.63. The van der Waals surface area contributed by atoms with E-state index in [0.717, 1.165) is 0 Å². The molecule has 0 aromatic carbocycles. The van der Waals surface area contributed by atoms with Gasteiger partial charge in [0.25, 0.3) is 0 Å². The van der Waals surface area contributed by atoms with Gasteiger partial charge in [-0.2, -0.15) is 0 Å². The number of ether oxygens (including phenoxy) is 1. The summed E-state index contributed by atoms with van der Waals surface area (Å²) in [5, 5.41) is 31.4. The first kappa shape index (κ1) is 14.6. The predicted octanol–water partition coefficient (Wildman–Crippen LogP) is 0.00580. The summed E-state index contributed by atoms with van der Waals surface area (Å²) in [7, 11) is 0. The third kappa shape index (κ3) is 1.43. The summed E-state index contributed by atoms with van der Waals surface area (Å²) in [5.41, 5.74) is -8.32. The lowest BCUT2D eigenvalue weighted by molar-refractivity contribution is -0.381. The Morgan fingerprint density at radius 3 is 1.59 bits per heavy atom. The van der Waals surface area contributed by atoms with E-state index in [1.807, 2.05) is 0 Å². The van der Waals surface area contributed by atoms with Crippen molar-refractivity contribution in [2.75, 3.05) is 0 Å². The maximum absolute atomic E-state index is 11.2. The molecule has 0 radical (unpaired) electrons. The molecule has 4 unspecified atom stereocenters. The second-order valence-electron chi connectivity index (χ2n) is 6.05. The predicted molar refractivity (Wildman–Crippen MR) is 61.5 cm³/mol. The van der Waals surface area contributed by atoms with Crippen LogP contribution in [0.4, 0.5) is 0 Å². The molecule has 5 heteroatoms. The molecular formula is C12H22O5. The van der Waals surface area contributed by atoms with Crippen LogP contribution in [0.15, 0.2) is 0 Å². The van der Waals surface area contributed by atoms with Gasteiger partial charge < -0.3 is 24.9 Å². The van der Waals surface area contributed by atoms with E-state index < -0.39 is 28.0 Å². The highest BCUT2D eigenvalue weighted by Gasteiger charge is 2.72. The van der Waals surface area contributed by atoms with Crippen molar-refractivity contribution < 1.29 is 24.9 Å². The van der Waals surface area contributed by atoms with E-state index in [2.05, 4.69) is 0 Å². The van der Waals surface area contributed by atoms with Crippen molar-refractivity contribution in [2.24, 2.45) is 0 Å². The molecule has 17 heavy (non-hydrogen) atoms. The van der Waals surface area contributed by atoms with Crippen molar-refractivity contribution in [1.29, 1.82) is 0 Å². The van der Waals surface area contributed by atoms with E-state index in [1.165, 1.54) is 27.7 Å². The summed E-state index contributed by atoms with van der Waals surface area (Å²) in [6.07, 6.45) is 0.457. The van der Waals surface area contributed by atoms with E-state index in [0.29, 0.717) is 6.29 Å². The van der Waals surface area contributed by atoms with Crippen molar-refractivity contribution in [3.05, 3.63) is 0 Å². The number of aliphatic hydroxyl groups is 3. The highest BCUT2D eigenvalue weighted by molar-refractivity contribution is 5.66. The van der Waals surface area contributed by atoms with Crippen LogP contribution >= 0.6 is 0 Å². The number of aldehydes is 1. The average Bonchev–Trinajstić information content (AvgIpc) is 2.14. The van der Waals surface area contributed by atoms with Crippen LogP contribution in [0.2, 0.25) is 0 Å². The number of carbonyl (C=O) groups excluding carboxylic acids is 1. The minimum Gasteiger partial charge on any atom is -0.384 e. The van der Waals surface area contributed by atoms with Crippen molar-refractivity contribution in [1.82, 2.24) is 0 Å². The van der Waals surface area contributed by atoms with Crippen LogP contribution in [0.1, 0.15) is 41.5 Å². The smallest absolute Gasteiger partial charge is 0.154 e. The van der Waals surface area contributed by atoms with Gasteiger partial charge in [-0.1, -0.05) is 0 Å². The van der Waals surface area contributed by atoms with Gasteiger partial charge in [-0.15, -0.1) is 0 Å². The summed E-state index contributed by atoms with van der Waals surface area (Å²) in [6.45, 7) is 8.50. The van der Waals surface area contributed by atoms with E-state index >= 15 is 0 Å². The molecule has 0 aromatic rings. The van der Waals surface area contributed by atoms with E-state index in [-0.39, 0.29) is 0 Å². The lowest BCUT2D eigenvalue weighted by atomic mass is 9.59. The van der Waals surface area contributed by atoms with Gasteiger partial charge in [0, 0.05) is 0 Å². The first-order chi connectivity index (χ1) is 7.27. The molecule has 1 aliphatic heterocycles. The van der Waals surface area contributed by atoms with Gasteiger partial charge in [-0.3, -0.25) is 0 Å². The highest BCUT2D eigenvalue weighted by Crippen LogP contribution is 2.52. The summed E-state index contributed by atoms with van der Waals surface area (Å²) in [4.78, 5) is 11.2. The van der Waals surface area contributed by atoms with Crippen LogP contribution in [-0.2, 0) is 9.53 Å². The highest BCUT2D eigenvalue weighted by atomic mass is 16.6. The van der Waals surface area contributed by atoms with Gasteiger partial charge in [-0.25, -0.2) is 0 Å². The number of hydrogen-bond donors (Lipinski definition) is 3. The van der Waals surface area contributed by atoms with Crippen molar-refractivity contribution in [3.63, 3.8) is 0 Å². The lowest BCUT2D eigenvalue weighted by Crippen LogP contribution is -2.83. The van der Waals surface area contributed by atoms with E-state index in [4.69, 9.17) is 4.74 Å². The second kappa shape index (κ2) is 3.29. The molecule has 0 aromatic heterocycles. The molecule has 0 bridgehead atoms. The fourth-order valence-corrected chi connectivity index (χ4v) is 2.41. The largest absolute Gasteiger partial charge is 0.384 e. The van der Waals surface area contributed by atoms with Crippen LogP contribution < -0.4 is 0 Å². The van der Waals surface area contributed by atoms with E-state index in [9.17, 15) is 20.1 Å². The zero-order valence-corrected chi connectivity index (χ0v) is 11.2. The standard InChI is InChI=1S/C12H22O5/c1-8(2)10(4,14)12(6,16)11(5,15)9(3,7-13)17-8/h7,14-16H,1-6H3. The Balaban J connectivity index is 3.51. The molecule has 0 spiro atoms. The molecule has 1 aliphatic rings. The van der Waals surface area contributed by atoms with Crippen LogP contribution in [0.3, 0.4) is 0 Å². The zero-order valence-electron chi connectivity index (χ0n) is 11.2. The van der Waals surface area contributed by atoms with E-state index in [1.54, 1.807) is 13.8 Å². The average molecular weight is 246 g/mol. The molecule has 0 amide bonds. The van der Waals surface area contributed by atoms with Crippen LogP contribution in [0.5, 0.6) is 0 Å². The molecular weight excluding hydrogens is 224 g/mol. The topological polar surface area (TPSA) is 87.0 Å². The van der Waals surface area contributed by atoms with Gasteiger partial charge in [0.05, 0.1) is 5.60 Å². The van der Waals surface area contributed by atoms with Crippen LogP contribution in [0, 0.1) is 0 Å². The monoisotopic (exact) mass is 246 g/mol. The maximum Gasteiger partial charge on any atom is 0.154 e. The summed E-state index contributed by atoms with van der Waals surface area (Å²) < 4.78 is 5.55. The Morgan fingerprint density at radius 1 is 0.824 bits per heavy atom. The molecule has 5 nitrogen and oxygen atoms in total. The molecule has 100 valence electrons. The minimum atomic E-state index is -1.92. The maximum atomic E-state index is 11.2. The SMILES string of the molecule is CC1(C)OC(C)(C=O)C(C)(O)C(C)(O)C1(C)O. The summed E-state index contributed by atoms with van der Waals surface area (Å²) in [5.74, 6) is 0. The first-order valence-electron chi connectivity index (χ1n) is 5.60. The van der Waals surface area contributed by atoms with Gasteiger partial charge in [0.1, 0.15) is 16.8 Å². The van der Waals surface area contributed by atoms with Crippen molar-refractivity contribution in [2.45, 2.75) is 69.5 Å². The fraction of sp³-hybridized carbons (Fsp3) is 0.917. The Hall–Kier alpha value is -0.490. The summed E-state index contributed by atoms with van der Waals surface area (Å²) >= 11 is 0. The first-order valence-corrected chi connectivity index (χ1v) is 5.60. The van der Waals surface area contributed by atoms with Crippen molar-refractivity contribution >= 4 is 6.29 Å². The third-order valence-corrected chi connectivity index (χ3v) is 4.73. The third-order valence-electron chi connectivity index (χ3n) is 4.73. The Morgan fingerprint density at radius 2 is 1.24 bits per heavy atom. The fourth-order valence-electron chi connectivity index (χ4n) is 2.41. The normalized spacial score (nSPS) is 54.4.